The molecule has 0 saturated heterocycles. The lowest BCUT2D eigenvalue weighted by atomic mass is 10.0. The normalized spacial score (nSPS) is 12.9. The van der Waals surface area contributed by atoms with Crippen molar-refractivity contribution < 1.29 is 28.6 Å². The number of ether oxygens (including phenoxy) is 3. The summed E-state index contributed by atoms with van der Waals surface area (Å²) < 4.78 is 16.8. The molecule has 71 heavy (non-hydrogen) atoms. The van der Waals surface area contributed by atoms with Gasteiger partial charge >= 0.3 is 17.9 Å². The molecule has 6 heteroatoms. The zero-order chi connectivity index (χ0) is 51.4. The summed E-state index contributed by atoms with van der Waals surface area (Å²) in [6, 6.07) is 0. The van der Waals surface area contributed by atoms with Crippen LogP contribution in [0.25, 0.3) is 0 Å². The van der Waals surface area contributed by atoms with E-state index in [2.05, 4.69) is 124 Å². The molecule has 0 aliphatic rings. The van der Waals surface area contributed by atoms with E-state index in [1.807, 2.05) is 6.08 Å². The molecule has 404 valence electrons. The quantitative estimate of drug-likeness (QED) is 0.0261. The Morgan fingerprint density at radius 2 is 0.577 bits per heavy atom. The highest BCUT2D eigenvalue weighted by atomic mass is 16.6. The summed E-state index contributed by atoms with van der Waals surface area (Å²) >= 11 is 0. The van der Waals surface area contributed by atoms with Crippen LogP contribution in [0.1, 0.15) is 265 Å². The van der Waals surface area contributed by atoms with Crippen molar-refractivity contribution in [3.63, 3.8) is 0 Å². The predicted octanol–water partition coefficient (Wildman–Crippen LogP) is 19.9. The maximum Gasteiger partial charge on any atom is 0.306 e. The van der Waals surface area contributed by atoms with Crippen molar-refractivity contribution in [3.05, 3.63) is 109 Å². The first kappa shape index (κ1) is 67.1. The highest BCUT2D eigenvalue weighted by Gasteiger charge is 2.19. The molecule has 6 nitrogen and oxygen atoms in total. The zero-order valence-corrected chi connectivity index (χ0v) is 46.2. The minimum Gasteiger partial charge on any atom is -0.462 e. The Morgan fingerprint density at radius 3 is 0.944 bits per heavy atom. The fraction of sp³-hybridized carbons (Fsp3) is 0.677. The van der Waals surface area contributed by atoms with Gasteiger partial charge in [-0.05, 0) is 89.9 Å². The smallest absolute Gasteiger partial charge is 0.306 e. The van der Waals surface area contributed by atoms with Gasteiger partial charge in [0.05, 0.1) is 0 Å². The fourth-order valence-corrected chi connectivity index (χ4v) is 7.95. The number of allylic oxidation sites excluding steroid dienone is 18. The van der Waals surface area contributed by atoms with Crippen molar-refractivity contribution in [2.75, 3.05) is 13.2 Å². The van der Waals surface area contributed by atoms with Gasteiger partial charge in [-0.2, -0.15) is 0 Å². The van der Waals surface area contributed by atoms with Gasteiger partial charge in [-0.1, -0.05) is 265 Å². The maximum absolute atomic E-state index is 12.9. The predicted molar refractivity (Wildman–Crippen MR) is 307 cm³/mol. The van der Waals surface area contributed by atoms with Gasteiger partial charge in [0.25, 0.3) is 0 Å². The first-order chi connectivity index (χ1) is 35.0. The fourth-order valence-electron chi connectivity index (χ4n) is 7.95. The SMILES string of the molecule is CC/C=C\C/C=C\C/C=C\C/C=C\C/C=C\C/C=C\CCC(=O)OCC(COC(=O)CCCCCCCCCCCCCCCCC)OC(=O)CCCCCCCCCCC/C=C\C/C=C\C/C=C\CC. The Bertz CT molecular complexity index is 1460. The third-order valence-corrected chi connectivity index (χ3v) is 12.3. The number of unbranched alkanes of at least 4 members (excludes halogenated alkanes) is 23. The third-order valence-electron chi connectivity index (χ3n) is 12.3. The molecule has 0 saturated carbocycles. The van der Waals surface area contributed by atoms with Crippen molar-refractivity contribution in [2.45, 2.75) is 271 Å². The molecule has 1 atom stereocenters. The van der Waals surface area contributed by atoms with E-state index in [1.54, 1.807) is 0 Å². The van der Waals surface area contributed by atoms with Gasteiger partial charge in [0.1, 0.15) is 13.2 Å². The summed E-state index contributed by atoms with van der Waals surface area (Å²) in [6.07, 6.45) is 79.5. The van der Waals surface area contributed by atoms with Gasteiger partial charge in [0.15, 0.2) is 6.10 Å². The van der Waals surface area contributed by atoms with Crippen LogP contribution in [0.4, 0.5) is 0 Å². The molecule has 0 heterocycles. The Balaban J connectivity index is 4.50. The topological polar surface area (TPSA) is 78.9 Å². The number of rotatable bonds is 52. The Hall–Kier alpha value is -3.93. The standard InChI is InChI=1S/C65H108O6/c1-4-7-10-13-16-19-22-25-28-30-32-34-37-40-43-46-49-52-55-58-64(67)70-61-62(60-69-63(66)57-54-51-48-45-42-39-36-27-24-21-18-15-12-9-6-3)71-65(68)59-56-53-50-47-44-41-38-35-33-31-29-26-23-20-17-14-11-8-5-2/h7-8,10-11,16-17,19-20,25-26,28-29,32,34,40,43,49,52,62H,4-6,9,12-15,18,21-24,27,30-31,33,35-39,41-42,44-48,50-51,53-61H2,1-3H3/b10-7-,11-8-,19-16-,20-17-,28-25-,29-26-,34-32-,43-40-,52-49-. The number of carbonyl (C=O) groups excluding carboxylic acids is 3. The van der Waals surface area contributed by atoms with E-state index in [0.717, 1.165) is 103 Å². The van der Waals surface area contributed by atoms with Gasteiger partial charge in [-0.25, -0.2) is 0 Å². The lowest BCUT2D eigenvalue weighted by Crippen LogP contribution is -2.30. The highest BCUT2D eigenvalue weighted by molar-refractivity contribution is 5.71. The maximum atomic E-state index is 12.9. The van der Waals surface area contributed by atoms with Crippen LogP contribution < -0.4 is 0 Å². The summed E-state index contributed by atoms with van der Waals surface area (Å²) in [5, 5.41) is 0. The minimum absolute atomic E-state index is 0.103. The summed E-state index contributed by atoms with van der Waals surface area (Å²) in [4.78, 5) is 38.2. The lowest BCUT2D eigenvalue weighted by Gasteiger charge is -2.18. The van der Waals surface area contributed by atoms with E-state index in [-0.39, 0.29) is 37.5 Å². The van der Waals surface area contributed by atoms with Gasteiger partial charge in [-0.3, -0.25) is 14.4 Å². The number of hydrogen-bond acceptors (Lipinski definition) is 6. The second-order valence-electron chi connectivity index (χ2n) is 19.1. The van der Waals surface area contributed by atoms with Gasteiger partial charge < -0.3 is 14.2 Å². The molecule has 0 fully saturated rings. The molecule has 0 amide bonds. The van der Waals surface area contributed by atoms with Crippen LogP contribution in [0.5, 0.6) is 0 Å². The van der Waals surface area contributed by atoms with Crippen LogP contribution >= 0.6 is 0 Å². The van der Waals surface area contributed by atoms with Gasteiger partial charge in [0.2, 0.25) is 0 Å². The average Bonchev–Trinajstić information content (AvgIpc) is 3.37. The molecule has 1 unspecified atom stereocenters. The van der Waals surface area contributed by atoms with Crippen LogP contribution in [0.3, 0.4) is 0 Å². The van der Waals surface area contributed by atoms with E-state index in [1.165, 1.54) is 116 Å². The van der Waals surface area contributed by atoms with Gasteiger partial charge in [-0.15, -0.1) is 0 Å². The van der Waals surface area contributed by atoms with E-state index in [9.17, 15) is 14.4 Å². The molecule has 0 spiro atoms. The third kappa shape index (κ3) is 56.9. The summed E-state index contributed by atoms with van der Waals surface area (Å²) in [5.74, 6) is -0.992. The zero-order valence-electron chi connectivity index (χ0n) is 46.2. The molecule has 0 rings (SSSR count). The van der Waals surface area contributed by atoms with Crippen LogP contribution in [0.15, 0.2) is 109 Å². The van der Waals surface area contributed by atoms with Crippen molar-refractivity contribution in [3.8, 4) is 0 Å². The van der Waals surface area contributed by atoms with E-state index >= 15 is 0 Å². The molecule has 0 radical (unpaired) electrons. The molecule has 0 aliphatic carbocycles. The van der Waals surface area contributed by atoms with Crippen molar-refractivity contribution in [1.29, 1.82) is 0 Å². The van der Waals surface area contributed by atoms with Crippen LogP contribution in [-0.2, 0) is 28.6 Å². The molecular formula is C65H108O6. The Labute approximate surface area is 438 Å². The van der Waals surface area contributed by atoms with E-state index in [0.29, 0.717) is 19.3 Å². The first-order valence-electron chi connectivity index (χ1n) is 29.4. The highest BCUT2D eigenvalue weighted by Crippen LogP contribution is 2.16. The van der Waals surface area contributed by atoms with E-state index < -0.39 is 6.10 Å². The molecule has 0 bridgehead atoms. The van der Waals surface area contributed by atoms with Crippen LogP contribution in [0.2, 0.25) is 0 Å². The van der Waals surface area contributed by atoms with E-state index in [4.69, 9.17) is 14.2 Å². The molecular weight excluding hydrogens is 877 g/mol. The first-order valence-corrected chi connectivity index (χ1v) is 29.4. The molecule has 0 aromatic heterocycles. The van der Waals surface area contributed by atoms with Gasteiger partial charge in [0, 0.05) is 19.3 Å². The molecule has 0 aromatic rings. The van der Waals surface area contributed by atoms with Crippen LogP contribution in [0, 0.1) is 0 Å². The summed E-state index contributed by atoms with van der Waals surface area (Å²) in [6.45, 7) is 6.36. The van der Waals surface area contributed by atoms with Crippen molar-refractivity contribution in [1.82, 2.24) is 0 Å². The van der Waals surface area contributed by atoms with Crippen LogP contribution in [-0.4, -0.2) is 37.2 Å². The lowest BCUT2D eigenvalue weighted by molar-refractivity contribution is -0.166. The Kier molecular flexibility index (Phi) is 55.4. The molecule has 0 N–H and O–H groups in total. The summed E-state index contributed by atoms with van der Waals surface area (Å²) in [5.41, 5.74) is 0. The van der Waals surface area contributed by atoms with Crippen molar-refractivity contribution >= 4 is 17.9 Å². The number of carbonyl (C=O) groups is 3. The Morgan fingerprint density at radius 1 is 0.296 bits per heavy atom. The second-order valence-corrected chi connectivity index (χ2v) is 19.1. The second kappa shape index (κ2) is 58.6. The number of esters is 3. The largest absolute Gasteiger partial charge is 0.462 e. The van der Waals surface area contributed by atoms with Crippen molar-refractivity contribution in [2.24, 2.45) is 0 Å². The monoisotopic (exact) mass is 985 g/mol. The number of hydrogen-bond donors (Lipinski definition) is 0. The summed E-state index contributed by atoms with van der Waals surface area (Å²) in [7, 11) is 0. The minimum atomic E-state index is -0.812. The molecule has 0 aromatic carbocycles. The average molecular weight is 986 g/mol. The molecule has 0 aliphatic heterocycles.